The Morgan fingerprint density at radius 2 is 2.08 bits per heavy atom. The number of carbonyl (C=O) groups excluding carboxylic acids is 1. The second-order valence-electron chi connectivity index (χ2n) is 6.72. The zero-order chi connectivity index (χ0) is 17.7. The molecule has 8 heteroatoms. The van der Waals surface area contributed by atoms with Crippen molar-refractivity contribution in [2.45, 2.75) is 44.0 Å². The molecule has 132 valence electrons. The lowest BCUT2D eigenvalue weighted by molar-refractivity contribution is -0.298. The number of hydrogen-bond donors (Lipinski definition) is 3. The molecule has 1 fully saturated rings. The van der Waals surface area contributed by atoms with Gasteiger partial charge in [-0.15, -0.1) is 0 Å². The summed E-state index contributed by atoms with van der Waals surface area (Å²) in [5.74, 6) is -1.17. The molecule has 1 aliphatic carbocycles. The number of carbonyl (C=O) groups is 1. The number of halogens is 4. The standard InChI is InChI=1S/C16H18F4N2O2/c1-8-2-11(17)10-4-13(22-12(10)3-8)14(23)21-7-9-5-15(24,6-9)16(18,19)20/h2-3,9,13,22,24H,4-7H2,1H3,(H,21,23). The van der Waals surface area contributed by atoms with E-state index in [4.69, 9.17) is 0 Å². The first-order valence-corrected chi connectivity index (χ1v) is 7.71. The largest absolute Gasteiger partial charge is 0.417 e. The van der Waals surface area contributed by atoms with Crippen molar-refractivity contribution in [2.24, 2.45) is 5.92 Å². The van der Waals surface area contributed by atoms with Gasteiger partial charge in [0.2, 0.25) is 5.91 Å². The first-order chi connectivity index (χ1) is 11.1. The van der Waals surface area contributed by atoms with E-state index >= 15 is 0 Å². The molecule has 0 radical (unpaired) electrons. The van der Waals surface area contributed by atoms with E-state index in [2.05, 4.69) is 10.6 Å². The van der Waals surface area contributed by atoms with Crippen LogP contribution in [0.4, 0.5) is 23.2 Å². The lowest BCUT2D eigenvalue weighted by atomic mass is 9.70. The lowest BCUT2D eigenvalue weighted by Crippen LogP contribution is -2.57. The van der Waals surface area contributed by atoms with E-state index in [0.717, 1.165) is 5.56 Å². The molecule has 4 nitrogen and oxygen atoms in total. The Balaban J connectivity index is 1.51. The number of rotatable bonds is 3. The van der Waals surface area contributed by atoms with Crippen molar-refractivity contribution in [1.29, 1.82) is 0 Å². The molecule has 2 aliphatic rings. The summed E-state index contributed by atoms with van der Waals surface area (Å²) in [7, 11) is 0. The van der Waals surface area contributed by atoms with Gasteiger partial charge in [0.1, 0.15) is 11.9 Å². The van der Waals surface area contributed by atoms with Gasteiger partial charge in [0, 0.05) is 24.2 Å². The zero-order valence-corrected chi connectivity index (χ0v) is 13.0. The van der Waals surface area contributed by atoms with Crippen LogP contribution in [0, 0.1) is 18.7 Å². The molecule has 0 bridgehead atoms. The number of fused-ring (bicyclic) bond motifs is 1. The number of anilines is 1. The molecule has 1 atom stereocenters. The van der Waals surface area contributed by atoms with Gasteiger partial charge in [-0.1, -0.05) is 0 Å². The molecule has 0 aromatic heterocycles. The first kappa shape index (κ1) is 17.0. The van der Waals surface area contributed by atoms with Gasteiger partial charge in [0.25, 0.3) is 0 Å². The van der Waals surface area contributed by atoms with Crippen molar-refractivity contribution in [1.82, 2.24) is 5.32 Å². The highest BCUT2D eigenvalue weighted by Crippen LogP contribution is 2.48. The summed E-state index contributed by atoms with van der Waals surface area (Å²) in [6.07, 6.45) is -5.27. The van der Waals surface area contributed by atoms with Crippen molar-refractivity contribution in [3.63, 3.8) is 0 Å². The third-order valence-electron chi connectivity index (χ3n) is 4.74. The summed E-state index contributed by atoms with van der Waals surface area (Å²) < 4.78 is 51.5. The highest BCUT2D eigenvalue weighted by molar-refractivity contribution is 5.87. The molecule has 1 aliphatic heterocycles. The minimum Gasteiger partial charge on any atom is -0.380 e. The van der Waals surface area contributed by atoms with Crippen LogP contribution < -0.4 is 10.6 Å². The third kappa shape index (κ3) is 2.94. The Morgan fingerprint density at radius 3 is 2.71 bits per heavy atom. The lowest BCUT2D eigenvalue weighted by Gasteiger charge is -2.44. The van der Waals surface area contributed by atoms with Crippen LogP contribution in [0.15, 0.2) is 12.1 Å². The molecule has 3 N–H and O–H groups in total. The molecule has 1 aromatic carbocycles. The second kappa shape index (κ2) is 5.61. The van der Waals surface area contributed by atoms with Gasteiger partial charge in [-0.05, 0) is 43.4 Å². The smallest absolute Gasteiger partial charge is 0.380 e. The highest BCUT2D eigenvalue weighted by Gasteiger charge is 2.60. The first-order valence-electron chi connectivity index (χ1n) is 7.71. The summed E-state index contributed by atoms with van der Waals surface area (Å²) in [4.78, 5) is 12.1. The topological polar surface area (TPSA) is 61.4 Å². The van der Waals surface area contributed by atoms with Gasteiger partial charge < -0.3 is 15.7 Å². The molecule has 24 heavy (non-hydrogen) atoms. The maximum absolute atomic E-state index is 13.9. The molecule has 1 unspecified atom stereocenters. The number of nitrogens with one attached hydrogen (secondary N) is 2. The molecule has 1 saturated carbocycles. The molecular formula is C16H18F4N2O2. The van der Waals surface area contributed by atoms with Crippen molar-refractivity contribution in [3.8, 4) is 0 Å². The quantitative estimate of drug-likeness (QED) is 0.736. The normalized spacial score (nSPS) is 28.8. The predicted molar refractivity (Wildman–Crippen MR) is 79.0 cm³/mol. The van der Waals surface area contributed by atoms with E-state index in [1.807, 2.05) is 0 Å². The summed E-state index contributed by atoms with van der Waals surface area (Å²) in [6, 6.07) is 2.51. The maximum atomic E-state index is 13.9. The van der Waals surface area contributed by atoms with Crippen molar-refractivity contribution in [3.05, 3.63) is 29.1 Å². The molecular weight excluding hydrogens is 328 g/mol. The van der Waals surface area contributed by atoms with Crippen LogP contribution in [0.2, 0.25) is 0 Å². The monoisotopic (exact) mass is 346 g/mol. The minimum atomic E-state index is -4.64. The Labute approximate surface area is 136 Å². The third-order valence-corrected chi connectivity index (χ3v) is 4.74. The summed E-state index contributed by atoms with van der Waals surface area (Å²) in [6.45, 7) is 1.81. The Bertz CT molecular complexity index is 669. The van der Waals surface area contributed by atoms with Gasteiger partial charge in [-0.25, -0.2) is 4.39 Å². The Kier molecular flexibility index (Phi) is 3.98. The number of benzene rings is 1. The van der Waals surface area contributed by atoms with E-state index in [9.17, 15) is 27.5 Å². The van der Waals surface area contributed by atoms with Crippen LogP contribution in [-0.4, -0.2) is 35.4 Å². The van der Waals surface area contributed by atoms with Gasteiger partial charge in [-0.2, -0.15) is 13.2 Å². The van der Waals surface area contributed by atoms with Crippen LogP contribution >= 0.6 is 0 Å². The summed E-state index contributed by atoms with van der Waals surface area (Å²) in [5, 5.41) is 14.9. The second-order valence-corrected chi connectivity index (χ2v) is 6.72. The fraction of sp³-hybridized carbons (Fsp3) is 0.562. The number of alkyl halides is 3. The minimum absolute atomic E-state index is 0.0628. The number of hydrogen-bond acceptors (Lipinski definition) is 3. The van der Waals surface area contributed by atoms with Crippen molar-refractivity contribution in [2.75, 3.05) is 11.9 Å². The molecule has 1 amide bonds. The number of aliphatic hydroxyl groups is 1. The van der Waals surface area contributed by atoms with Crippen LogP contribution in [0.1, 0.15) is 24.0 Å². The van der Waals surface area contributed by atoms with Gasteiger partial charge in [0.15, 0.2) is 5.60 Å². The van der Waals surface area contributed by atoms with E-state index in [0.29, 0.717) is 11.3 Å². The number of aryl methyl sites for hydroxylation is 1. The Hall–Kier alpha value is -1.83. The molecule has 1 heterocycles. The van der Waals surface area contributed by atoms with E-state index in [1.165, 1.54) is 6.07 Å². The highest BCUT2D eigenvalue weighted by atomic mass is 19.4. The average Bonchev–Trinajstić information content (AvgIpc) is 2.84. The van der Waals surface area contributed by atoms with Crippen LogP contribution in [0.3, 0.4) is 0 Å². The summed E-state index contributed by atoms with van der Waals surface area (Å²) >= 11 is 0. The molecule has 0 saturated heterocycles. The summed E-state index contributed by atoms with van der Waals surface area (Å²) in [5.41, 5.74) is -0.885. The molecule has 0 spiro atoms. The fourth-order valence-electron chi connectivity index (χ4n) is 3.35. The number of amides is 1. The van der Waals surface area contributed by atoms with Gasteiger partial charge in [-0.3, -0.25) is 4.79 Å². The van der Waals surface area contributed by atoms with Crippen molar-refractivity contribution >= 4 is 11.6 Å². The van der Waals surface area contributed by atoms with E-state index < -0.39 is 36.6 Å². The van der Waals surface area contributed by atoms with Crippen LogP contribution in [-0.2, 0) is 11.2 Å². The van der Waals surface area contributed by atoms with E-state index in [-0.39, 0.29) is 24.7 Å². The zero-order valence-electron chi connectivity index (χ0n) is 13.0. The van der Waals surface area contributed by atoms with Gasteiger partial charge in [0.05, 0.1) is 0 Å². The van der Waals surface area contributed by atoms with E-state index in [1.54, 1.807) is 13.0 Å². The fourth-order valence-corrected chi connectivity index (χ4v) is 3.35. The molecule has 1 aromatic rings. The SMILES string of the molecule is Cc1cc(F)c2c(c1)NC(C(=O)NCC1CC(O)(C(F)(F)F)C1)C2. The average molecular weight is 346 g/mol. The van der Waals surface area contributed by atoms with Gasteiger partial charge >= 0.3 is 6.18 Å². The predicted octanol–water partition coefficient (Wildman–Crippen LogP) is 2.29. The molecule has 3 rings (SSSR count). The van der Waals surface area contributed by atoms with Crippen molar-refractivity contribution < 1.29 is 27.5 Å². The van der Waals surface area contributed by atoms with Crippen LogP contribution in [0.25, 0.3) is 0 Å². The Morgan fingerprint density at radius 1 is 1.42 bits per heavy atom. The maximum Gasteiger partial charge on any atom is 0.417 e. The van der Waals surface area contributed by atoms with Crippen LogP contribution in [0.5, 0.6) is 0 Å².